The molecular weight excluding hydrogens is 318 g/mol. The van der Waals surface area contributed by atoms with E-state index in [1.807, 2.05) is 18.0 Å². The Morgan fingerprint density at radius 2 is 1.38 bits per heavy atom. The Bertz CT molecular complexity index is 1160. The van der Waals surface area contributed by atoms with Crippen molar-refractivity contribution >= 4 is 27.5 Å². The van der Waals surface area contributed by atoms with Crippen LogP contribution < -0.4 is 0 Å². The maximum Gasteiger partial charge on any atom is 0.227 e. The Hall–Kier alpha value is -3.13. The minimum atomic E-state index is -0.0412. The molecule has 2 heteroatoms. The molecule has 0 fully saturated rings. The van der Waals surface area contributed by atoms with E-state index in [1.54, 1.807) is 0 Å². The monoisotopic (exact) mass is 337 g/mol. The van der Waals surface area contributed by atoms with Gasteiger partial charge in [-0.05, 0) is 50.4 Å². The van der Waals surface area contributed by atoms with Gasteiger partial charge in [-0.3, -0.25) is 4.79 Å². The zero-order valence-corrected chi connectivity index (χ0v) is 14.6. The highest BCUT2D eigenvalue weighted by molar-refractivity contribution is 5.90. The van der Waals surface area contributed by atoms with Crippen LogP contribution in [-0.2, 0) is 11.2 Å². The molecule has 0 bridgehead atoms. The lowest BCUT2D eigenvalue weighted by atomic mass is 9.85. The van der Waals surface area contributed by atoms with Gasteiger partial charge in [-0.25, -0.2) is 0 Å². The summed E-state index contributed by atoms with van der Waals surface area (Å²) in [4.78, 5) is 14.6. The first kappa shape index (κ1) is 15.2. The van der Waals surface area contributed by atoms with Crippen molar-refractivity contribution in [3.8, 4) is 0 Å². The summed E-state index contributed by atoms with van der Waals surface area (Å²) in [6, 6.07) is 27.7. The fourth-order valence-corrected chi connectivity index (χ4v) is 4.13. The van der Waals surface area contributed by atoms with Crippen molar-refractivity contribution in [2.75, 3.05) is 7.05 Å². The topological polar surface area (TPSA) is 20.3 Å². The third-order valence-corrected chi connectivity index (χ3v) is 5.51. The number of carbonyl (C=O) groups is 1. The molecule has 1 heterocycles. The van der Waals surface area contributed by atoms with E-state index < -0.39 is 0 Å². The minimum Gasteiger partial charge on any atom is -0.334 e. The van der Waals surface area contributed by atoms with Crippen LogP contribution in [0.5, 0.6) is 0 Å². The lowest BCUT2D eigenvalue weighted by Gasteiger charge is -2.35. The van der Waals surface area contributed by atoms with Crippen LogP contribution in [-0.4, -0.2) is 17.9 Å². The summed E-state index contributed by atoms with van der Waals surface area (Å²) < 4.78 is 0. The first-order valence-corrected chi connectivity index (χ1v) is 8.97. The highest BCUT2D eigenvalue weighted by Gasteiger charge is 2.31. The second kappa shape index (κ2) is 5.70. The molecular formula is C24H19NO. The quantitative estimate of drug-likeness (QED) is 0.473. The van der Waals surface area contributed by atoms with E-state index in [-0.39, 0.29) is 11.9 Å². The zero-order chi connectivity index (χ0) is 17.7. The maximum atomic E-state index is 12.7. The van der Waals surface area contributed by atoms with Crippen LogP contribution in [0.3, 0.4) is 0 Å². The third-order valence-electron chi connectivity index (χ3n) is 5.51. The molecule has 0 aliphatic carbocycles. The van der Waals surface area contributed by atoms with Gasteiger partial charge in [0.1, 0.15) is 0 Å². The van der Waals surface area contributed by atoms with Crippen LogP contribution in [0.25, 0.3) is 21.5 Å². The van der Waals surface area contributed by atoms with E-state index >= 15 is 0 Å². The Kier molecular flexibility index (Phi) is 3.32. The van der Waals surface area contributed by atoms with Gasteiger partial charge in [0.25, 0.3) is 0 Å². The molecule has 4 aromatic rings. The lowest BCUT2D eigenvalue weighted by molar-refractivity contribution is -0.131. The maximum absolute atomic E-state index is 12.7. The molecule has 26 heavy (non-hydrogen) atoms. The van der Waals surface area contributed by atoms with Gasteiger partial charge in [-0.1, -0.05) is 66.7 Å². The van der Waals surface area contributed by atoms with Crippen molar-refractivity contribution in [1.82, 2.24) is 4.90 Å². The number of hydrogen-bond donors (Lipinski definition) is 0. The number of rotatable bonds is 1. The molecule has 0 unspecified atom stereocenters. The van der Waals surface area contributed by atoms with Crippen LogP contribution in [0.1, 0.15) is 22.7 Å². The van der Waals surface area contributed by atoms with Crippen molar-refractivity contribution in [3.05, 3.63) is 95.6 Å². The lowest BCUT2D eigenvalue weighted by Crippen LogP contribution is -2.37. The van der Waals surface area contributed by atoms with Gasteiger partial charge in [0.15, 0.2) is 0 Å². The Balaban J connectivity index is 1.74. The molecule has 126 valence electrons. The number of likely N-dealkylation sites (N-methyl/N-ethyl adjacent to an activating group) is 1. The second-order valence-electron chi connectivity index (χ2n) is 7.09. The summed E-state index contributed by atoms with van der Waals surface area (Å²) in [5.41, 5.74) is 3.54. The standard InChI is InChI=1S/C24H19NO/c1-25-23(26)15-21-13-18-8-4-5-9-19(18)14-22(21)24(25)20-11-10-16-6-2-3-7-17(16)12-20/h2-14,24H,15H2,1H3/t24-/m1/s1. The molecule has 2 nitrogen and oxygen atoms in total. The van der Waals surface area contributed by atoms with Crippen LogP contribution in [0.2, 0.25) is 0 Å². The van der Waals surface area contributed by atoms with E-state index in [4.69, 9.17) is 0 Å². The largest absolute Gasteiger partial charge is 0.334 e. The molecule has 0 spiro atoms. The molecule has 5 rings (SSSR count). The van der Waals surface area contributed by atoms with E-state index in [1.165, 1.54) is 27.1 Å². The SMILES string of the molecule is CN1C(=O)Cc2cc3ccccc3cc2[C@H]1c1ccc2ccccc2c1. The van der Waals surface area contributed by atoms with Gasteiger partial charge in [-0.2, -0.15) is 0 Å². The minimum absolute atomic E-state index is 0.0412. The number of hydrogen-bond acceptors (Lipinski definition) is 1. The Morgan fingerprint density at radius 3 is 2.12 bits per heavy atom. The predicted octanol–water partition coefficient (Wildman–Crippen LogP) is 5.10. The number of fused-ring (bicyclic) bond motifs is 3. The van der Waals surface area contributed by atoms with E-state index in [9.17, 15) is 4.79 Å². The van der Waals surface area contributed by atoms with Crippen molar-refractivity contribution in [2.24, 2.45) is 0 Å². The van der Waals surface area contributed by atoms with Crippen molar-refractivity contribution in [3.63, 3.8) is 0 Å². The fourth-order valence-electron chi connectivity index (χ4n) is 4.13. The summed E-state index contributed by atoms with van der Waals surface area (Å²) in [7, 11) is 1.92. The highest BCUT2D eigenvalue weighted by atomic mass is 16.2. The smallest absolute Gasteiger partial charge is 0.227 e. The molecule has 4 aromatic carbocycles. The average Bonchev–Trinajstić information content (AvgIpc) is 2.67. The van der Waals surface area contributed by atoms with Crippen molar-refractivity contribution in [1.29, 1.82) is 0 Å². The Morgan fingerprint density at radius 1 is 0.769 bits per heavy atom. The van der Waals surface area contributed by atoms with Crippen LogP contribution in [0.15, 0.2) is 78.9 Å². The normalized spacial score (nSPS) is 16.9. The molecule has 0 aromatic heterocycles. The van der Waals surface area contributed by atoms with Crippen LogP contribution in [0.4, 0.5) is 0 Å². The van der Waals surface area contributed by atoms with Gasteiger partial charge in [0.2, 0.25) is 5.91 Å². The average molecular weight is 337 g/mol. The van der Waals surface area contributed by atoms with Crippen LogP contribution in [0, 0.1) is 0 Å². The molecule has 0 N–H and O–H groups in total. The number of nitrogens with zero attached hydrogens (tertiary/aromatic N) is 1. The first-order valence-electron chi connectivity index (χ1n) is 8.97. The molecule has 0 radical (unpaired) electrons. The molecule has 1 aliphatic heterocycles. The predicted molar refractivity (Wildman–Crippen MR) is 106 cm³/mol. The summed E-state index contributed by atoms with van der Waals surface area (Å²) in [6.45, 7) is 0. The molecule has 0 saturated carbocycles. The van der Waals surface area contributed by atoms with Crippen molar-refractivity contribution < 1.29 is 4.79 Å². The van der Waals surface area contributed by atoms with Crippen LogP contribution >= 0.6 is 0 Å². The molecule has 0 saturated heterocycles. The number of benzene rings is 4. The number of carbonyl (C=O) groups excluding carboxylic acids is 1. The second-order valence-corrected chi connectivity index (χ2v) is 7.09. The van der Waals surface area contributed by atoms with Gasteiger partial charge < -0.3 is 4.90 Å². The zero-order valence-electron chi connectivity index (χ0n) is 14.6. The van der Waals surface area contributed by atoms with Gasteiger partial charge in [-0.15, -0.1) is 0 Å². The molecule has 1 atom stereocenters. The van der Waals surface area contributed by atoms with E-state index in [2.05, 4.69) is 72.8 Å². The summed E-state index contributed by atoms with van der Waals surface area (Å²) in [6.07, 6.45) is 0.473. The van der Waals surface area contributed by atoms with Gasteiger partial charge in [0.05, 0.1) is 12.5 Å². The summed E-state index contributed by atoms with van der Waals surface area (Å²) in [5, 5.41) is 4.85. The summed E-state index contributed by atoms with van der Waals surface area (Å²) >= 11 is 0. The highest BCUT2D eigenvalue weighted by Crippen LogP contribution is 2.37. The van der Waals surface area contributed by atoms with E-state index in [0.29, 0.717) is 6.42 Å². The van der Waals surface area contributed by atoms with Crippen molar-refractivity contribution in [2.45, 2.75) is 12.5 Å². The summed E-state index contributed by atoms with van der Waals surface area (Å²) in [5.74, 6) is 0.172. The molecule has 1 aliphatic rings. The molecule has 1 amide bonds. The Labute approximate surface area is 152 Å². The van der Waals surface area contributed by atoms with E-state index in [0.717, 1.165) is 11.1 Å². The van der Waals surface area contributed by atoms with Gasteiger partial charge >= 0.3 is 0 Å². The number of amides is 1. The third kappa shape index (κ3) is 2.30. The first-order chi connectivity index (χ1) is 12.7. The van der Waals surface area contributed by atoms with Gasteiger partial charge in [0, 0.05) is 7.05 Å². The fraction of sp³-hybridized carbons (Fsp3) is 0.125.